The number of rotatable bonds is 8. The van der Waals surface area contributed by atoms with Crippen LogP contribution in [0.15, 0.2) is 60.1 Å². The lowest BCUT2D eigenvalue weighted by Gasteiger charge is -2.25. The lowest BCUT2D eigenvalue weighted by atomic mass is 10.1. The average Bonchev–Trinajstić information content (AvgIpc) is 3.60. The van der Waals surface area contributed by atoms with Gasteiger partial charge in [0.15, 0.2) is 4.96 Å². The summed E-state index contributed by atoms with van der Waals surface area (Å²) in [7, 11) is 0. The van der Waals surface area contributed by atoms with Gasteiger partial charge in [-0.1, -0.05) is 42.8 Å². The fourth-order valence-electron chi connectivity index (χ4n) is 4.39. The molecule has 4 aromatic rings. The van der Waals surface area contributed by atoms with Crippen molar-refractivity contribution in [3.8, 4) is 11.3 Å². The van der Waals surface area contributed by atoms with Crippen molar-refractivity contribution >= 4 is 33.8 Å². The Kier molecular flexibility index (Phi) is 6.99. The summed E-state index contributed by atoms with van der Waals surface area (Å²) in [6, 6.07) is 15.7. The van der Waals surface area contributed by atoms with Crippen molar-refractivity contribution in [2.24, 2.45) is 0 Å². The standard InChI is InChI=1S/C27H28ClN3O2S/c1-2-19-5-7-21(8-6-19)26(32)30(16-24-4-3-15-33-24)14-13-23-18-34-27-29-25(17-31(23)27)20-9-11-22(28)12-10-20/h5-12,17-18,24H,2-4,13-16H2,1H3. The molecule has 1 amide bonds. The minimum Gasteiger partial charge on any atom is -0.376 e. The first-order chi connectivity index (χ1) is 16.6. The van der Waals surface area contributed by atoms with E-state index < -0.39 is 0 Å². The fourth-order valence-corrected chi connectivity index (χ4v) is 5.43. The first-order valence-electron chi connectivity index (χ1n) is 11.8. The Morgan fingerprint density at radius 2 is 2.00 bits per heavy atom. The number of carbonyl (C=O) groups is 1. The third-order valence-electron chi connectivity index (χ3n) is 6.41. The molecule has 0 bridgehead atoms. The minimum atomic E-state index is 0.0668. The number of hydrogen-bond donors (Lipinski definition) is 0. The number of ether oxygens (including phenoxy) is 1. The maximum atomic E-state index is 13.4. The number of amides is 1. The Hall–Kier alpha value is -2.67. The predicted molar refractivity (Wildman–Crippen MR) is 138 cm³/mol. The molecule has 1 fully saturated rings. The van der Waals surface area contributed by atoms with Crippen molar-refractivity contribution < 1.29 is 9.53 Å². The molecular formula is C27H28ClN3O2S. The molecule has 1 aliphatic rings. The van der Waals surface area contributed by atoms with Crippen LogP contribution in [0, 0.1) is 0 Å². The zero-order chi connectivity index (χ0) is 23.5. The highest BCUT2D eigenvalue weighted by molar-refractivity contribution is 7.15. The third-order valence-corrected chi connectivity index (χ3v) is 7.55. The van der Waals surface area contributed by atoms with Gasteiger partial charge in [0.25, 0.3) is 5.91 Å². The molecule has 0 N–H and O–H groups in total. The number of nitrogens with zero attached hydrogens (tertiary/aromatic N) is 3. The highest BCUT2D eigenvalue weighted by atomic mass is 35.5. The molecule has 0 saturated carbocycles. The molecule has 5 rings (SSSR count). The Morgan fingerprint density at radius 1 is 1.21 bits per heavy atom. The van der Waals surface area contributed by atoms with Crippen molar-refractivity contribution in [3.05, 3.63) is 82.0 Å². The number of imidazole rings is 1. The summed E-state index contributed by atoms with van der Waals surface area (Å²) in [5, 5.41) is 2.85. The molecule has 2 aromatic carbocycles. The molecule has 0 radical (unpaired) electrons. The van der Waals surface area contributed by atoms with Gasteiger partial charge in [0, 0.05) is 59.5 Å². The van der Waals surface area contributed by atoms with Crippen LogP contribution in [0.1, 0.15) is 41.4 Å². The van der Waals surface area contributed by atoms with E-state index in [-0.39, 0.29) is 12.0 Å². The second kappa shape index (κ2) is 10.3. The van der Waals surface area contributed by atoms with Crippen LogP contribution in [-0.4, -0.2) is 46.0 Å². The molecule has 0 aliphatic carbocycles. The average molecular weight is 494 g/mol. The summed E-state index contributed by atoms with van der Waals surface area (Å²) in [5.74, 6) is 0.0668. The van der Waals surface area contributed by atoms with Gasteiger partial charge in [0.1, 0.15) is 0 Å². The molecule has 176 valence electrons. The second-order valence-electron chi connectivity index (χ2n) is 8.70. The van der Waals surface area contributed by atoms with E-state index in [0.29, 0.717) is 18.1 Å². The Morgan fingerprint density at radius 3 is 2.71 bits per heavy atom. The van der Waals surface area contributed by atoms with Crippen LogP contribution >= 0.6 is 22.9 Å². The third kappa shape index (κ3) is 5.04. The molecule has 5 nitrogen and oxygen atoms in total. The number of aromatic nitrogens is 2. The van der Waals surface area contributed by atoms with Gasteiger partial charge >= 0.3 is 0 Å². The summed E-state index contributed by atoms with van der Waals surface area (Å²) in [6.07, 6.45) is 5.97. The molecule has 34 heavy (non-hydrogen) atoms. The van der Waals surface area contributed by atoms with E-state index in [9.17, 15) is 4.79 Å². The Bertz CT molecular complexity index is 1260. The summed E-state index contributed by atoms with van der Waals surface area (Å²) < 4.78 is 8.00. The van der Waals surface area contributed by atoms with Gasteiger partial charge in [-0.05, 0) is 49.1 Å². The number of benzene rings is 2. The number of hydrogen-bond acceptors (Lipinski definition) is 4. The van der Waals surface area contributed by atoms with E-state index >= 15 is 0 Å². The first kappa shape index (κ1) is 23.1. The van der Waals surface area contributed by atoms with Gasteiger partial charge in [-0.15, -0.1) is 11.3 Å². The molecule has 1 atom stereocenters. The zero-order valence-electron chi connectivity index (χ0n) is 19.2. The van der Waals surface area contributed by atoms with Crippen molar-refractivity contribution in [1.29, 1.82) is 0 Å². The number of fused-ring (bicyclic) bond motifs is 1. The number of thiazole rings is 1. The summed E-state index contributed by atoms with van der Waals surface area (Å²) in [4.78, 5) is 21.1. The lowest BCUT2D eigenvalue weighted by Crippen LogP contribution is -2.38. The van der Waals surface area contributed by atoms with Gasteiger partial charge < -0.3 is 9.64 Å². The van der Waals surface area contributed by atoms with Crippen LogP contribution in [0.3, 0.4) is 0 Å². The van der Waals surface area contributed by atoms with Crippen molar-refractivity contribution in [2.45, 2.75) is 38.7 Å². The Labute approximate surface area is 209 Å². The molecular weight excluding hydrogens is 466 g/mol. The lowest BCUT2D eigenvalue weighted by molar-refractivity contribution is 0.0528. The van der Waals surface area contributed by atoms with Crippen LogP contribution in [0.2, 0.25) is 5.02 Å². The van der Waals surface area contributed by atoms with Crippen LogP contribution in [0.25, 0.3) is 16.2 Å². The van der Waals surface area contributed by atoms with Gasteiger partial charge in [-0.25, -0.2) is 4.98 Å². The van der Waals surface area contributed by atoms with E-state index in [2.05, 4.69) is 22.9 Å². The number of carbonyl (C=O) groups excluding carboxylic acids is 1. The molecule has 3 heterocycles. The van der Waals surface area contributed by atoms with Crippen LogP contribution < -0.4 is 0 Å². The minimum absolute atomic E-state index is 0.0668. The largest absolute Gasteiger partial charge is 0.376 e. The van der Waals surface area contributed by atoms with Crippen LogP contribution in [0.5, 0.6) is 0 Å². The highest BCUT2D eigenvalue weighted by Crippen LogP contribution is 2.25. The fraction of sp³-hybridized carbons (Fsp3) is 0.333. The maximum absolute atomic E-state index is 13.4. The number of halogens is 1. The molecule has 2 aromatic heterocycles. The first-order valence-corrected chi connectivity index (χ1v) is 13.1. The molecule has 7 heteroatoms. The predicted octanol–water partition coefficient (Wildman–Crippen LogP) is 6.14. The maximum Gasteiger partial charge on any atom is 0.253 e. The van der Waals surface area contributed by atoms with Gasteiger partial charge in [-0.2, -0.15) is 0 Å². The molecule has 1 unspecified atom stereocenters. The second-order valence-corrected chi connectivity index (χ2v) is 9.97. The summed E-state index contributed by atoms with van der Waals surface area (Å²) in [5.41, 5.74) is 5.09. The summed E-state index contributed by atoms with van der Waals surface area (Å²) in [6.45, 7) is 4.16. The van der Waals surface area contributed by atoms with E-state index in [1.54, 1.807) is 11.3 Å². The van der Waals surface area contributed by atoms with E-state index in [4.69, 9.17) is 21.3 Å². The van der Waals surface area contributed by atoms with Crippen molar-refractivity contribution in [3.63, 3.8) is 0 Å². The van der Waals surface area contributed by atoms with Crippen LogP contribution in [0.4, 0.5) is 0 Å². The topological polar surface area (TPSA) is 46.8 Å². The normalized spacial score (nSPS) is 15.8. The summed E-state index contributed by atoms with van der Waals surface area (Å²) >= 11 is 7.66. The van der Waals surface area contributed by atoms with Crippen LogP contribution in [-0.2, 0) is 17.6 Å². The monoisotopic (exact) mass is 493 g/mol. The van der Waals surface area contributed by atoms with Crippen molar-refractivity contribution in [2.75, 3.05) is 19.7 Å². The molecule has 1 saturated heterocycles. The quantitative estimate of drug-likeness (QED) is 0.296. The van der Waals surface area contributed by atoms with E-state index in [1.807, 2.05) is 53.4 Å². The SMILES string of the molecule is CCc1ccc(C(=O)N(CCc2csc3nc(-c4ccc(Cl)cc4)cn23)CC2CCCO2)cc1. The van der Waals surface area contributed by atoms with Gasteiger partial charge in [-0.3, -0.25) is 9.20 Å². The van der Waals surface area contributed by atoms with Crippen molar-refractivity contribution in [1.82, 2.24) is 14.3 Å². The highest BCUT2D eigenvalue weighted by Gasteiger charge is 2.24. The van der Waals surface area contributed by atoms with E-state index in [0.717, 1.165) is 59.8 Å². The molecule has 1 aliphatic heterocycles. The van der Waals surface area contributed by atoms with Gasteiger partial charge in [0.05, 0.1) is 11.8 Å². The smallest absolute Gasteiger partial charge is 0.253 e. The molecule has 0 spiro atoms. The van der Waals surface area contributed by atoms with E-state index in [1.165, 1.54) is 5.56 Å². The number of aryl methyl sites for hydroxylation is 1. The van der Waals surface area contributed by atoms with Gasteiger partial charge in [0.2, 0.25) is 0 Å². The zero-order valence-corrected chi connectivity index (χ0v) is 20.8. The Balaban J connectivity index is 1.34.